The maximum absolute atomic E-state index is 14.8. The molecule has 44 heteroatoms. The fourth-order valence-corrected chi connectivity index (χ4v) is 13.7. The zero-order valence-corrected chi connectivity index (χ0v) is 72.5. The molecule has 0 spiro atoms. The van der Waals surface area contributed by atoms with Crippen LogP contribution in [0.2, 0.25) is 0 Å². The molecule has 24 N–H and O–H groups in total. The van der Waals surface area contributed by atoms with Crippen molar-refractivity contribution in [3.8, 4) is 5.75 Å². The summed E-state index contributed by atoms with van der Waals surface area (Å²) in [4.78, 5) is 247. The molecule has 0 aliphatic heterocycles. The number of hydrogen-bond donors (Lipinski definition) is 23. The van der Waals surface area contributed by atoms with Crippen molar-refractivity contribution >= 4 is 165 Å². The number of aromatic hydroxyl groups is 1. The molecule has 0 radical (unpaired) electrons. The van der Waals surface area contributed by atoms with Crippen molar-refractivity contribution in [3.63, 3.8) is 0 Å². The zero-order chi connectivity index (χ0) is 90.9. The molecule has 121 heavy (non-hydrogen) atoms. The Labute approximate surface area is 718 Å². The predicted molar refractivity (Wildman–Crippen MR) is 454 cm³/mol. The Morgan fingerprint density at radius 2 is 0.826 bits per heavy atom. The second kappa shape index (κ2) is 54.1. The molecule has 15 amide bonds. The lowest BCUT2D eigenvalue weighted by Gasteiger charge is -2.29. The van der Waals surface area contributed by atoms with Crippen LogP contribution in [0.25, 0.3) is 10.9 Å². The first kappa shape index (κ1) is 105. The van der Waals surface area contributed by atoms with Crippen molar-refractivity contribution < 1.29 is 112 Å². The van der Waals surface area contributed by atoms with Gasteiger partial charge in [0.1, 0.15) is 90.3 Å². The van der Waals surface area contributed by atoms with Crippen LogP contribution in [0.1, 0.15) is 124 Å². The third kappa shape index (κ3) is 37.6. The van der Waals surface area contributed by atoms with Gasteiger partial charge in [-0.15, -0.1) is 0 Å². The molecule has 14 atom stereocenters. The van der Waals surface area contributed by atoms with Gasteiger partial charge in [0.15, 0.2) is 0 Å². The lowest BCUT2D eigenvalue weighted by Crippen LogP contribution is -2.62. The summed E-state index contributed by atoms with van der Waals surface area (Å²) in [6.07, 6.45) is 2.86. The van der Waals surface area contributed by atoms with E-state index >= 15 is 0 Å². The molecule has 2 aromatic carbocycles. The molecule has 1 aromatic heterocycles. The van der Waals surface area contributed by atoms with E-state index in [1.54, 1.807) is 90.8 Å². The van der Waals surface area contributed by atoms with E-state index in [1.807, 2.05) is 0 Å². The number of benzene rings is 2. The molecule has 0 saturated carbocycles. The first-order valence-electron chi connectivity index (χ1n) is 39.0. The van der Waals surface area contributed by atoms with Crippen molar-refractivity contribution in [2.45, 2.75) is 210 Å². The molecule has 0 saturated heterocycles. The van der Waals surface area contributed by atoms with E-state index in [0.29, 0.717) is 22.0 Å². The number of nitrogens with two attached hydrogens (primary N) is 2. The van der Waals surface area contributed by atoms with Gasteiger partial charge in [0, 0.05) is 48.5 Å². The van der Waals surface area contributed by atoms with Crippen LogP contribution in [0.3, 0.4) is 0 Å². The van der Waals surface area contributed by atoms with Gasteiger partial charge < -0.3 is 116 Å². The number of thiol groups is 1. The van der Waals surface area contributed by atoms with Gasteiger partial charge in [-0.2, -0.15) is 47.9 Å². The summed E-state index contributed by atoms with van der Waals surface area (Å²) in [6, 6.07) is -9.07. The number of aromatic amines is 1. The number of primary amides is 1. The summed E-state index contributed by atoms with van der Waals surface area (Å²) in [5, 5.41) is 85.1. The number of carboxylic acids is 3. The molecule has 0 bridgehead atoms. The number of fused-ring (bicyclic) bond motifs is 1. The molecule has 3 aromatic rings. The van der Waals surface area contributed by atoms with Gasteiger partial charge in [-0.05, 0) is 135 Å². The summed E-state index contributed by atoms with van der Waals surface area (Å²) in [5.74, 6) is -20.0. The van der Waals surface area contributed by atoms with Gasteiger partial charge in [0.05, 0.1) is 19.6 Å². The number of aliphatic hydroxyl groups excluding tert-OH is 1. The van der Waals surface area contributed by atoms with E-state index < -0.39 is 248 Å². The number of carbonyl (C=O) groups excluding carboxylic acids is 15. The summed E-state index contributed by atoms with van der Waals surface area (Å²) in [5.41, 5.74) is 12.3. The molecule has 0 unspecified atom stereocenters. The Hall–Kier alpha value is -10.4. The van der Waals surface area contributed by atoms with Gasteiger partial charge in [0.25, 0.3) is 0 Å². The minimum Gasteiger partial charge on any atom is -0.508 e. The fraction of sp³-hybridized carbons (Fsp3) is 0.584. The van der Waals surface area contributed by atoms with Gasteiger partial charge in [-0.1, -0.05) is 71.9 Å². The summed E-state index contributed by atoms with van der Waals surface area (Å²) >= 11 is 8.04. The lowest BCUT2D eigenvalue weighted by atomic mass is 9.99. The maximum Gasteiger partial charge on any atom is 0.326 e. The summed E-state index contributed by atoms with van der Waals surface area (Å²) < 4.78 is 0. The number of thioether (sulfide) groups is 3. The Morgan fingerprint density at radius 1 is 0.430 bits per heavy atom. The van der Waals surface area contributed by atoms with E-state index in [9.17, 15) is 112 Å². The number of carboxylic acid groups (broad SMARTS) is 3. The summed E-state index contributed by atoms with van der Waals surface area (Å²) in [7, 11) is 0. The normalized spacial score (nSPS) is 14.7. The third-order valence-electron chi connectivity index (χ3n) is 18.6. The number of aromatic nitrogens is 1. The molecule has 1 heterocycles. The Bertz CT molecular complexity index is 4050. The van der Waals surface area contributed by atoms with Gasteiger partial charge in [-0.3, -0.25) is 81.5 Å². The molecule has 3 rings (SSSR count). The van der Waals surface area contributed by atoms with Crippen LogP contribution in [0.5, 0.6) is 5.75 Å². The van der Waals surface area contributed by atoms with Crippen LogP contribution in [-0.4, -0.2) is 277 Å². The predicted octanol–water partition coefficient (Wildman–Crippen LogP) is -2.96. The average Bonchev–Trinajstić information content (AvgIpc) is 1.70. The molecule has 0 aliphatic carbocycles. The highest BCUT2D eigenvalue weighted by atomic mass is 32.2. The first-order valence-corrected chi connectivity index (χ1v) is 43.8. The van der Waals surface area contributed by atoms with Crippen LogP contribution in [0.4, 0.5) is 0 Å². The van der Waals surface area contributed by atoms with Crippen molar-refractivity contribution in [2.75, 3.05) is 54.9 Å². The molecule has 40 nitrogen and oxygen atoms in total. The van der Waals surface area contributed by atoms with Gasteiger partial charge >= 0.3 is 17.9 Å². The SMILES string of the molecule is CSCC[C@H](NC(=O)[C@H](CCC(=O)O)NC(=O)[C@H](Cc1c[nH]c2ccccc12)NC(=O)[C@H](CC(C)C)NC(=O)[C@H](CC(=O)O)NC(=O)CN)C(=O)N[C@@H](CCSC)C(=O)N[C@@H](CCSC)C(=O)N[C@H](C(=O)N[C@@H](CO)C(=O)N[C@@H](CC(C)C)C(=O)N[C@@H](C)C(=O)N[C@@H](CS)C(=O)N[C@@H](CCC(N)=O)C(=O)N[C@@H](Cc1ccc(O)cc1)C(=O)O)C(C)C. The number of carbonyl (C=O) groups is 18. The molecule has 672 valence electrons. The van der Waals surface area contributed by atoms with E-state index in [-0.39, 0.29) is 79.8 Å². The third-order valence-corrected chi connectivity index (χ3v) is 20.9. The monoisotopic (exact) mass is 1780 g/mol. The highest BCUT2D eigenvalue weighted by Gasteiger charge is 2.39. The second-order valence-corrected chi connectivity index (χ2v) is 33.1. The topological polar surface area (TPSA) is 645 Å². The van der Waals surface area contributed by atoms with Gasteiger partial charge in [-0.25, -0.2) is 4.79 Å². The van der Waals surface area contributed by atoms with Crippen molar-refractivity contribution in [3.05, 3.63) is 65.9 Å². The number of hydrogen-bond acceptors (Lipinski definition) is 25. The number of amides is 15. The zero-order valence-electron chi connectivity index (χ0n) is 69.2. The quantitative estimate of drug-likeness (QED) is 0.0251. The highest BCUT2D eigenvalue weighted by molar-refractivity contribution is 7.99. The van der Waals surface area contributed by atoms with E-state index in [2.05, 4.69) is 92.0 Å². The largest absolute Gasteiger partial charge is 0.508 e. The number of nitrogens with one attached hydrogen (secondary N) is 15. The van der Waals surface area contributed by atoms with Crippen LogP contribution in [0.15, 0.2) is 54.7 Å². The molecule has 0 fully saturated rings. The van der Waals surface area contributed by atoms with Crippen LogP contribution in [0, 0.1) is 17.8 Å². The number of aliphatic hydroxyl groups is 1. The minimum absolute atomic E-state index is 0.0488. The van der Waals surface area contributed by atoms with E-state index in [4.69, 9.17) is 11.5 Å². The average molecular weight is 1780 g/mol. The number of phenolic OH excluding ortho intramolecular Hbond substituents is 1. The fourth-order valence-electron chi connectivity index (χ4n) is 12.0. The van der Waals surface area contributed by atoms with Crippen molar-refractivity contribution in [1.82, 2.24) is 79.4 Å². The molecular weight excluding hydrogens is 1660 g/mol. The maximum atomic E-state index is 14.8. The Kier molecular flexibility index (Phi) is 46.8. The minimum atomic E-state index is -1.78. The van der Waals surface area contributed by atoms with Crippen LogP contribution in [-0.2, 0) is 99.1 Å². The number of H-pyrrole nitrogens is 1. The second-order valence-electron chi connectivity index (χ2n) is 29.7. The summed E-state index contributed by atoms with van der Waals surface area (Å²) in [6.45, 7) is 9.50. The number of para-hydroxylation sites is 1. The molecular formula is C77H117N17O23S4. The number of aliphatic carboxylic acids is 3. The standard InChI is InChI=1S/C77H117N17O23S4/c1-38(2)29-52(70(109)81-41(7)64(103)93-58(37-118)75(114)84-47(19-21-59(79)97)66(105)91-56(77(116)117)31-42-15-17-44(96)18-16-42)89-74(113)57(36-95)92-76(115)63(40(5)6)94-69(108)51(25-28-121-10)87-68(107)50(24-27-120-9)86-67(106)49(23-26-119-8)85-65(104)48(20-22-61(99)100)83-72(111)54(32-43-35-80-46-14-12-11-13-45(43)46)90-71(110)53(30-39(3)4)88-73(112)55(33-62(101)102)82-60(98)34-78/h11-18,35,38-41,47-58,63,80,95-96,118H,19-34,36-37,78H2,1-10H3,(H2,79,97)(H,81,109)(H,82,98)(H,83,111)(H,84,114)(H,85,104)(H,86,106)(H,87,107)(H,88,112)(H,89,113)(H,90,110)(H,91,105)(H,92,115)(H,93,103)(H,94,108)(H,99,100)(H,101,102)(H,116,117)/t41-,47-,48-,49-,50-,51-,52-,53-,54-,55-,56-,57-,58-,63-/m0/s1. The first-order chi connectivity index (χ1) is 57.1. The smallest absolute Gasteiger partial charge is 0.326 e. The van der Waals surface area contributed by atoms with Crippen LogP contribution >= 0.6 is 47.9 Å². The Morgan fingerprint density at radius 3 is 1.26 bits per heavy atom. The van der Waals surface area contributed by atoms with Crippen molar-refractivity contribution in [1.29, 1.82) is 0 Å². The van der Waals surface area contributed by atoms with Gasteiger partial charge in [0.2, 0.25) is 88.6 Å². The van der Waals surface area contributed by atoms with E-state index in [0.717, 1.165) is 0 Å². The van der Waals surface area contributed by atoms with E-state index in [1.165, 1.54) is 66.5 Å². The Balaban J connectivity index is 1.86. The lowest BCUT2D eigenvalue weighted by molar-refractivity contribution is -0.142. The van der Waals surface area contributed by atoms with Crippen LogP contribution < -0.4 is 85.9 Å². The number of phenols is 1. The molecule has 0 aliphatic rings. The highest BCUT2D eigenvalue weighted by Crippen LogP contribution is 2.21. The van der Waals surface area contributed by atoms with Crippen molar-refractivity contribution in [2.24, 2.45) is 29.2 Å². The number of rotatable bonds is 57.